The van der Waals surface area contributed by atoms with E-state index in [1.165, 1.54) is 30.2 Å². The van der Waals surface area contributed by atoms with E-state index in [1.807, 2.05) is 19.1 Å². The minimum atomic E-state index is -4.70. The molecule has 0 aliphatic carbocycles. The van der Waals surface area contributed by atoms with Gasteiger partial charge in [-0.1, -0.05) is 36.4 Å². The zero-order chi connectivity index (χ0) is 26.3. The Morgan fingerprint density at radius 1 is 1.00 bits per heavy atom. The first-order chi connectivity index (χ1) is 17.0. The average Bonchev–Trinajstić information content (AvgIpc) is 2.82. The summed E-state index contributed by atoms with van der Waals surface area (Å²) < 4.78 is 74.4. The number of halogens is 3. The standard InChI is InChI=1S/C25H25F3N2O5S/c1-18-7-3-4-12-23(18)29-24(31)30(13-14-34-2)17-19-8-5-10-21(15-19)35-36(32,33)22-11-6-9-20(16-22)25(26,27)28/h3-12,15-16H,13-14,17H2,1-2H3,(H,29,31). The van der Waals surface area contributed by atoms with Gasteiger partial charge in [-0.05, 0) is 54.4 Å². The summed E-state index contributed by atoms with van der Waals surface area (Å²) in [5.41, 5.74) is 0.971. The molecule has 0 unspecified atom stereocenters. The van der Waals surface area contributed by atoms with E-state index in [2.05, 4.69) is 5.32 Å². The summed E-state index contributed by atoms with van der Waals surface area (Å²) >= 11 is 0. The molecular weight excluding hydrogens is 497 g/mol. The highest BCUT2D eigenvalue weighted by atomic mass is 32.2. The molecule has 0 aliphatic rings. The fourth-order valence-electron chi connectivity index (χ4n) is 3.28. The summed E-state index contributed by atoms with van der Waals surface area (Å²) in [6.07, 6.45) is -4.70. The Bertz CT molecular complexity index is 1310. The van der Waals surface area contributed by atoms with Gasteiger partial charge in [0.15, 0.2) is 0 Å². The smallest absolute Gasteiger partial charge is 0.383 e. The number of para-hydroxylation sites is 1. The van der Waals surface area contributed by atoms with Gasteiger partial charge in [-0.3, -0.25) is 0 Å². The molecule has 0 heterocycles. The van der Waals surface area contributed by atoms with E-state index in [4.69, 9.17) is 8.92 Å². The molecule has 36 heavy (non-hydrogen) atoms. The van der Waals surface area contributed by atoms with Gasteiger partial charge in [-0.15, -0.1) is 0 Å². The van der Waals surface area contributed by atoms with Crippen LogP contribution in [0.15, 0.2) is 77.7 Å². The number of ether oxygens (including phenoxy) is 1. The van der Waals surface area contributed by atoms with Crippen LogP contribution < -0.4 is 9.50 Å². The lowest BCUT2D eigenvalue weighted by Gasteiger charge is -2.23. The number of rotatable bonds is 9. The van der Waals surface area contributed by atoms with Crippen LogP contribution in [0, 0.1) is 6.92 Å². The monoisotopic (exact) mass is 522 g/mol. The number of anilines is 1. The normalized spacial score (nSPS) is 11.7. The molecule has 2 amide bonds. The highest BCUT2D eigenvalue weighted by Crippen LogP contribution is 2.31. The van der Waals surface area contributed by atoms with E-state index in [0.717, 1.165) is 23.8 Å². The number of amides is 2. The van der Waals surface area contributed by atoms with Crippen molar-refractivity contribution in [3.05, 3.63) is 89.5 Å². The number of urea groups is 1. The minimum absolute atomic E-state index is 0.0991. The third kappa shape index (κ3) is 7.22. The first-order valence-corrected chi connectivity index (χ1v) is 12.2. The molecule has 0 bridgehead atoms. The van der Waals surface area contributed by atoms with Gasteiger partial charge in [0.1, 0.15) is 10.6 Å². The number of nitrogens with one attached hydrogen (secondary N) is 1. The molecule has 0 aliphatic heterocycles. The van der Waals surface area contributed by atoms with Crippen molar-refractivity contribution >= 4 is 21.8 Å². The van der Waals surface area contributed by atoms with Crippen LogP contribution in [0.1, 0.15) is 16.7 Å². The van der Waals surface area contributed by atoms with Crippen molar-refractivity contribution in [1.82, 2.24) is 4.90 Å². The van der Waals surface area contributed by atoms with Crippen LogP contribution >= 0.6 is 0 Å². The van der Waals surface area contributed by atoms with Crippen molar-refractivity contribution in [3.63, 3.8) is 0 Å². The van der Waals surface area contributed by atoms with E-state index in [0.29, 0.717) is 17.3 Å². The number of methoxy groups -OCH3 is 1. The summed E-state index contributed by atoms with van der Waals surface area (Å²) in [5.74, 6) is -0.101. The first-order valence-electron chi connectivity index (χ1n) is 10.8. The van der Waals surface area contributed by atoms with Crippen LogP contribution in [-0.4, -0.2) is 39.6 Å². The van der Waals surface area contributed by atoms with E-state index >= 15 is 0 Å². The fraction of sp³-hybridized carbons (Fsp3) is 0.240. The molecule has 1 N–H and O–H groups in total. The van der Waals surface area contributed by atoms with Crippen LogP contribution in [0.25, 0.3) is 0 Å². The Kier molecular flexibility index (Phi) is 8.59. The third-order valence-electron chi connectivity index (χ3n) is 5.17. The van der Waals surface area contributed by atoms with Crippen LogP contribution in [0.4, 0.5) is 23.7 Å². The van der Waals surface area contributed by atoms with Gasteiger partial charge in [-0.25, -0.2) is 4.79 Å². The summed E-state index contributed by atoms with van der Waals surface area (Å²) in [5, 5.41) is 2.84. The van der Waals surface area contributed by atoms with Crippen molar-refractivity contribution in [2.45, 2.75) is 24.5 Å². The largest absolute Gasteiger partial charge is 0.416 e. The van der Waals surface area contributed by atoms with E-state index in [1.54, 1.807) is 18.2 Å². The summed E-state index contributed by atoms with van der Waals surface area (Å²) in [6, 6.07) is 16.2. The zero-order valence-corrected chi connectivity index (χ0v) is 20.4. The molecule has 0 fully saturated rings. The summed E-state index contributed by atoms with van der Waals surface area (Å²) in [7, 11) is -3.03. The Labute approximate surface area is 207 Å². The molecule has 0 atom stereocenters. The lowest BCUT2D eigenvalue weighted by atomic mass is 10.2. The molecule has 0 saturated heterocycles. The molecule has 11 heteroatoms. The number of nitrogens with zero attached hydrogens (tertiary/aromatic N) is 1. The fourth-order valence-corrected chi connectivity index (χ4v) is 4.25. The number of aryl methyl sites for hydroxylation is 1. The molecule has 0 saturated carbocycles. The van der Waals surface area contributed by atoms with Gasteiger partial charge in [0.05, 0.1) is 12.2 Å². The molecule has 192 valence electrons. The van der Waals surface area contributed by atoms with Gasteiger partial charge in [-0.2, -0.15) is 21.6 Å². The minimum Gasteiger partial charge on any atom is -0.383 e. The lowest BCUT2D eigenvalue weighted by Crippen LogP contribution is -2.37. The zero-order valence-electron chi connectivity index (χ0n) is 19.6. The Balaban J connectivity index is 1.78. The maximum atomic E-state index is 13.0. The van der Waals surface area contributed by atoms with Gasteiger partial charge < -0.3 is 19.1 Å². The molecule has 3 aromatic carbocycles. The highest BCUT2D eigenvalue weighted by molar-refractivity contribution is 7.87. The number of hydrogen-bond acceptors (Lipinski definition) is 5. The third-order valence-corrected chi connectivity index (χ3v) is 6.41. The predicted molar refractivity (Wildman–Crippen MR) is 128 cm³/mol. The molecule has 3 aromatic rings. The summed E-state index contributed by atoms with van der Waals surface area (Å²) in [4.78, 5) is 13.8. The van der Waals surface area contributed by atoms with Crippen LogP contribution in [0.2, 0.25) is 0 Å². The van der Waals surface area contributed by atoms with Gasteiger partial charge in [0.25, 0.3) is 0 Å². The van der Waals surface area contributed by atoms with Gasteiger partial charge in [0.2, 0.25) is 0 Å². The van der Waals surface area contributed by atoms with Crippen LogP contribution in [0.3, 0.4) is 0 Å². The van der Waals surface area contributed by atoms with E-state index in [9.17, 15) is 26.4 Å². The maximum Gasteiger partial charge on any atom is 0.416 e. The van der Waals surface area contributed by atoms with Gasteiger partial charge >= 0.3 is 22.3 Å². The average molecular weight is 523 g/mol. The Morgan fingerprint density at radius 2 is 1.72 bits per heavy atom. The molecule has 3 rings (SSSR count). The topological polar surface area (TPSA) is 84.9 Å². The van der Waals surface area contributed by atoms with Crippen molar-refractivity contribution < 1.29 is 35.3 Å². The Morgan fingerprint density at radius 3 is 2.42 bits per heavy atom. The Hall–Kier alpha value is -3.57. The second-order valence-electron chi connectivity index (χ2n) is 7.87. The van der Waals surface area contributed by atoms with Crippen molar-refractivity contribution in [3.8, 4) is 5.75 Å². The van der Waals surface area contributed by atoms with Gasteiger partial charge in [0, 0.05) is 25.9 Å². The molecule has 0 aromatic heterocycles. The molecule has 7 nitrogen and oxygen atoms in total. The number of carbonyl (C=O) groups excluding carboxylic acids is 1. The van der Waals surface area contributed by atoms with Crippen molar-refractivity contribution in [1.29, 1.82) is 0 Å². The number of hydrogen-bond donors (Lipinski definition) is 1. The first kappa shape index (κ1) is 27.0. The highest BCUT2D eigenvalue weighted by Gasteiger charge is 2.32. The predicted octanol–water partition coefficient (Wildman–Crippen LogP) is 5.46. The summed E-state index contributed by atoms with van der Waals surface area (Å²) in [6.45, 7) is 2.48. The van der Waals surface area contributed by atoms with Crippen molar-refractivity contribution in [2.24, 2.45) is 0 Å². The number of alkyl halides is 3. The second-order valence-corrected chi connectivity index (χ2v) is 9.42. The van der Waals surface area contributed by atoms with E-state index in [-0.39, 0.29) is 31.5 Å². The number of carbonyl (C=O) groups is 1. The number of benzene rings is 3. The van der Waals surface area contributed by atoms with E-state index < -0.39 is 26.8 Å². The van der Waals surface area contributed by atoms with Crippen LogP contribution in [-0.2, 0) is 27.6 Å². The van der Waals surface area contributed by atoms with Crippen molar-refractivity contribution in [2.75, 3.05) is 25.6 Å². The second kappa shape index (κ2) is 11.4. The lowest BCUT2D eigenvalue weighted by molar-refractivity contribution is -0.137. The maximum absolute atomic E-state index is 13.0. The molecule has 0 spiro atoms. The van der Waals surface area contributed by atoms with Crippen LogP contribution in [0.5, 0.6) is 5.75 Å². The SMILES string of the molecule is COCCN(Cc1cccc(OS(=O)(=O)c2cccc(C(F)(F)F)c2)c1)C(=O)Nc1ccccc1C. The molecular formula is C25H25F3N2O5S. The molecule has 0 radical (unpaired) electrons. The quantitative estimate of drug-likeness (QED) is 0.377.